The van der Waals surface area contributed by atoms with Crippen LogP contribution in [-0.4, -0.2) is 44.6 Å². The molecule has 3 amide bonds. The van der Waals surface area contributed by atoms with E-state index in [0.29, 0.717) is 30.8 Å². The predicted molar refractivity (Wildman–Crippen MR) is 139 cm³/mol. The fourth-order valence-electron chi connectivity index (χ4n) is 4.22. The highest BCUT2D eigenvalue weighted by molar-refractivity contribution is 5.93. The Morgan fingerprint density at radius 3 is 2.47 bits per heavy atom. The zero-order chi connectivity index (χ0) is 27.0. The SMILES string of the molecule is NC(=O)NCCC[C@@H](C(=O)Nc1ccc(CO)cc1)n1cc(C2(CC(=O)OCc3ccccc3)CC2)nn1. The Bertz CT molecular complexity index is 1240. The molecule has 1 aromatic heterocycles. The van der Waals surface area contributed by atoms with Crippen molar-refractivity contribution in [1.29, 1.82) is 0 Å². The maximum atomic E-state index is 13.2. The summed E-state index contributed by atoms with van der Waals surface area (Å²) in [6.07, 6.45) is 4.32. The minimum atomic E-state index is -0.704. The van der Waals surface area contributed by atoms with Crippen molar-refractivity contribution in [3.05, 3.63) is 77.6 Å². The normalized spacial score (nSPS) is 14.3. The number of urea groups is 1. The molecule has 1 heterocycles. The van der Waals surface area contributed by atoms with Crippen LogP contribution in [0.1, 0.15) is 55.0 Å². The van der Waals surface area contributed by atoms with Gasteiger partial charge in [-0.1, -0.05) is 47.7 Å². The van der Waals surface area contributed by atoms with Gasteiger partial charge in [0.1, 0.15) is 12.6 Å². The van der Waals surface area contributed by atoms with E-state index in [9.17, 15) is 19.5 Å². The van der Waals surface area contributed by atoms with Gasteiger partial charge in [-0.15, -0.1) is 5.10 Å². The molecule has 1 saturated carbocycles. The smallest absolute Gasteiger partial charge is 0.312 e. The Hall–Kier alpha value is -4.25. The number of primary amides is 1. The highest BCUT2D eigenvalue weighted by Crippen LogP contribution is 2.50. The molecule has 2 aromatic carbocycles. The molecule has 11 nitrogen and oxygen atoms in total. The number of aliphatic hydroxyl groups is 1. The van der Waals surface area contributed by atoms with Crippen molar-refractivity contribution in [1.82, 2.24) is 20.3 Å². The third-order valence-electron chi connectivity index (χ3n) is 6.61. The lowest BCUT2D eigenvalue weighted by atomic mass is 9.99. The molecule has 0 bridgehead atoms. The van der Waals surface area contributed by atoms with Gasteiger partial charge in [0.25, 0.3) is 0 Å². The number of carbonyl (C=O) groups excluding carboxylic acids is 3. The van der Waals surface area contributed by atoms with Crippen molar-refractivity contribution in [3.8, 4) is 0 Å². The molecule has 4 rings (SSSR count). The number of nitrogens with one attached hydrogen (secondary N) is 2. The number of ether oxygens (including phenoxy) is 1. The van der Waals surface area contributed by atoms with Gasteiger partial charge in [-0.2, -0.15) is 0 Å². The maximum Gasteiger partial charge on any atom is 0.312 e. The largest absolute Gasteiger partial charge is 0.461 e. The highest BCUT2D eigenvalue weighted by Gasteiger charge is 2.49. The van der Waals surface area contributed by atoms with Crippen molar-refractivity contribution >= 4 is 23.6 Å². The van der Waals surface area contributed by atoms with Gasteiger partial charge in [-0.3, -0.25) is 9.59 Å². The molecule has 200 valence electrons. The average Bonchev–Trinajstić information content (AvgIpc) is 3.52. The van der Waals surface area contributed by atoms with Crippen LogP contribution in [0.5, 0.6) is 0 Å². The summed E-state index contributed by atoms with van der Waals surface area (Å²) in [7, 11) is 0. The van der Waals surface area contributed by atoms with Crippen LogP contribution in [0.3, 0.4) is 0 Å². The van der Waals surface area contributed by atoms with E-state index in [1.165, 1.54) is 4.68 Å². The summed E-state index contributed by atoms with van der Waals surface area (Å²) in [5.41, 5.74) is 7.58. The summed E-state index contributed by atoms with van der Waals surface area (Å²) in [5.74, 6) is -0.608. The van der Waals surface area contributed by atoms with E-state index in [0.717, 1.165) is 24.0 Å². The van der Waals surface area contributed by atoms with Crippen molar-refractivity contribution < 1.29 is 24.2 Å². The van der Waals surface area contributed by atoms with Crippen molar-refractivity contribution in [2.24, 2.45) is 5.73 Å². The van der Waals surface area contributed by atoms with Crippen LogP contribution in [-0.2, 0) is 33.0 Å². The summed E-state index contributed by atoms with van der Waals surface area (Å²) < 4.78 is 6.97. The lowest BCUT2D eigenvalue weighted by Crippen LogP contribution is -2.31. The number of esters is 1. The molecule has 3 aromatic rings. The van der Waals surface area contributed by atoms with E-state index in [-0.39, 0.29) is 31.5 Å². The van der Waals surface area contributed by atoms with Gasteiger partial charge in [-0.05, 0) is 48.9 Å². The molecule has 0 spiro atoms. The standard InChI is InChI=1S/C27H32N6O5/c28-26(37)29-14-4-7-22(25(36)30-21-10-8-19(17-34)9-11-21)33-16-23(31-32-33)27(12-13-27)15-24(35)38-18-20-5-2-1-3-6-20/h1-3,5-6,8-11,16,22,34H,4,7,12-15,17-18H2,(H,30,36)(H3,28,29,37)/t22-/m0/s1. The molecule has 1 aliphatic carbocycles. The Labute approximate surface area is 220 Å². The zero-order valence-corrected chi connectivity index (χ0v) is 21.0. The van der Waals surface area contributed by atoms with Gasteiger partial charge < -0.3 is 26.2 Å². The first-order valence-corrected chi connectivity index (χ1v) is 12.5. The highest BCUT2D eigenvalue weighted by atomic mass is 16.5. The third kappa shape index (κ3) is 7.16. The Kier molecular flexibility index (Phi) is 8.70. The van der Waals surface area contributed by atoms with E-state index < -0.39 is 17.5 Å². The third-order valence-corrected chi connectivity index (χ3v) is 6.61. The van der Waals surface area contributed by atoms with E-state index >= 15 is 0 Å². The number of hydrogen-bond donors (Lipinski definition) is 4. The molecular weight excluding hydrogens is 488 g/mol. The molecule has 38 heavy (non-hydrogen) atoms. The quantitative estimate of drug-likeness (QED) is 0.199. The number of anilines is 1. The molecule has 5 N–H and O–H groups in total. The van der Waals surface area contributed by atoms with Crippen molar-refractivity contribution in [3.63, 3.8) is 0 Å². The molecule has 0 saturated heterocycles. The number of rotatable bonds is 13. The second kappa shape index (κ2) is 12.3. The number of aliphatic hydroxyl groups excluding tert-OH is 1. The molecule has 1 fully saturated rings. The second-order valence-electron chi connectivity index (χ2n) is 9.48. The number of nitrogens with two attached hydrogens (primary N) is 1. The van der Waals surface area contributed by atoms with Crippen LogP contribution in [0, 0.1) is 0 Å². The molecule has 1 aliphatic rings. The molecule has 0 aliphatic heterocycles. The summed E-state index contributed by atoms with van der Waals surface area (Å²) in [6, 6.07) is 15.0. The first-order valence-electron chi connectivity index (χ1n) is 12.5. The minimum absolute atomic E-state index is 0.0903. The predicted octanol–water partition coefficient (Wildman–Crippen LogP) is 2.56. The van der Waals surface area contributed by atoms with Crippen molar-refractivity contribution in [2.75, 3.05) is 11.9 Å². The number of hydrogen-bond acceptors (Lipinski definition) is 7. The molecule has 0 radical (unpaired) electrons. The Morgan fingerprint density at radius 2 is 1.82 bits per heavy atom. The van der Waals surface area contributed by atoms with E-state index in [2.05, 4.69) is 20.9 Å². The monoisotopic (exact) mass is 520 g/mol. The van der Waals surface area contributed by atoms with Crippen molar-refractivity contribution in [2.45, 2.75) is 56.8 Å². The molecule has 11 heteroatoms. The average molecular weight is 521 g/mol. The van der Waals surface area contributed by atoms with Gasteiger partial charge in [0.15, 0.2) is 0 Å². The van der Waals surface area contributed by atoms with Crippen LogP contribution in [0.15, 0.2) is 60.8 Å². The van der Waals surface area contributed by atoms with E-state index in [4.69, 9.17) is 10.5 Å². The number of nitrogens with zero attached hydrogens (tertiary/aromatic N) is 3. The number of carbonyl (C=O) groups is 3. The fraction of sp³-hybridized carbons (Fsp3) is 0.370. The van der Waals surface area contributed by atoms with Crippen LogP contribution >= 0.6 is 0 Å². The lowest BCUT2D eigenvalue weighted by molar-refractivity contribution is -0.145. The summed E-state index contributed by atoms with van der Waals surface area (Å²) >= 11 is 0. The molecular formula is C27H32N6O5. The van der Waals surface area contributed by atoms with Gasteiger partial charge >= 0.3 is 12.0 Å². The Morgan fingerprint density at radius 1 is 1.08 bits per heavy atom. The van der Waals surface area contributed by atoms with E-state index in [1.807, 2.05) is 30.3 Å². The lowest BCUT2D eigenvalue weighted by Gasteiger charge is -2.17. The molecule has 0 unspecified atom stereocenters. The van der Waals surface area contributed by atoms with Gasteiger partial charge in [0.05, 0.1) is 18.7 Å². The van der Waals surface area contributed by atoms with Crippen LogP contribution in [0.4, 0.5) is 10.5 Å². The summed E-state index contributed by atoms with van der Waals surface area (Å²) in [5, 5.41) is 23.2. The first-order chi connectivity index (χ1) is 18.4. The molecule has 1 atom stereocenters. The summed E-state index contributed by atoms with van der Waals surface area (Å²) in [6.45, 7) is 0.430. The number of amides is 3. The number of benzene rings is 2. The fourth-order valence-corrected chi connectivity index (χ4v) is 4.22. The number of aromatic nitrogens is 3. The van der Waals surface area contributed by atoms with Gasteiger partial charge in [-0.25, -0.2) is 9.48 Å². The summed E-state index contributed by atoms with van der Waals surface area (Å²) in [4.78, 5) is 36.8. The van der Waals surface area contributed by atoms with Crippen LogP contribution < -0.4 is 16.4 Å². The second-order valence-corrected chi connectivity index (χ2v) is 9.48. The Balaban J connectivity index is 1.42. The zero-order valence-electron chi connectivity index (χ0n) is 21.0. The van der Waals surface area contributed by atoms with Gasteiger partial charge in [0, 0.05) is 23.8 Å². The minimum Gasteiger partial charge on any atom is -0.461 e. The van der Waals surface area contributed by atoms with E-state index in [1.54, 1.807) is 30.5 Å². The topological polar surface area (TPSA) is 161 Å². The first kappa shape index (κ1) is 26.8. The van der Waals surface area contributed by atoms with Crippen LogP contribution in [0.2, 0.25) is 0 Å². The van der Waals surface area contributed by atoms with Crippen LogP contribution in [0.25, 0.3) is 0 Å². The van der Waals surface area contributed by atoms with Gasteiger partial charge in [0.2, 0.25) is 5.91 Å². The maximum absolute atomic E-state index is 13.2.